The number of aromatic nitrogens is 4. The van der Waals surface area contributed by atoms with Gasteiger partial charge in [0.2, 0.25) is 0 Å². The Morgan fingerprint density at radius 2 is 1.81 bits per heavy atom. The molecule has 0 unspecified atom stereocenters. The first kappa shape index (κ1) is 14.9. The highest BCUT2D eigenvalue weighted by atomic mass is 16.6. The Morgan fingerprint density at radius 3 is 2.38 bits per heavy atom. The van der Waals surface area contributed by atoms with Crippen molar-refractivity contribution >= 4 is 17.6 Å². The summed E-state index contributed by atoms with van der Waals surface area (Å²) in [7, 11) is 0. The molecule has 0 aromatic carbocycles. The Labute approximate surface area is 121 Å². The molecule has 0 saturated heterocycles. The quantitative estimate of drug-likeness (QED) is 0.589. The van der Waals surface area contributed by atoms with E-state index in [1.165, 1.54) is 6.20 Å². The molecule has 0 amide bonds. The molecule has 0 N–H and O–H groups in total. The van der Waals surface area contributed by atoms with Gasteiger partial charge in [0.25, 0.3) is 0 Å². The van der Waals surface area contributed by atoms with Crippen molar-refractivity contribution in [1.29, 1.82) is 0 Å². The maximum absolute atomic E-state index is 12.1. The third-order valence-electron chi connectivity index (χ3n) is 2.84. The van der Waals surface area contributed by atoms with Gasteiger partial charge in [-0.15, -0.1) is 10.2 Å². The highest BCUT2D eigenvalue weighted by Gasteiger charge is 2.35. The summed E-state index contributed by atoms with van der Waals surface area (Å²) in [6.07, 6.45) is 3.13. The van der Waals surface area contributed by atoms with Crippen LogP contribution in [0.5, 0.6) is 0 Å². The van der Waals surface area contributed by atoms with E-state index in [9.17, 15) is 9.59 Å². The smallest absolute Gasteiger partial charge is 0.326 e. The number of rotatable bonds is 5. The van der Waals surface area contributed by atoms with Gasteiger partial charge in [-0.2, -0.15) is 0 Å². The maximum Gasteiger partial charge on any atom is 0.326 e. The fourth-order valence-corrected chi connectivity index (χ4v) is 1.93. The van der Waals surface area contributed by atoms with Crippen molar-refractivity contribution in [3.63, 3.8) is 0 Å². The van der Waals surface area contributed by atoms with Gasteiger partial charge in [0.15, 0.2) is 11.6 Å². The minimum atomic E-state index is -1.27. The van der Waals surface area contributed by atoms with Crippen molar-refractivity contribution in [3.8, 4) is 0 Å². The zero-order valence-corrected chi connectivity index (χ0v) is 12.1. The third-order valence-corrected chi connectivity index (χ3v) is 2.84. The molecular formula is C13H16N4O4. The van der Waals surface area contributed by atoms with E-state index in [4.69, 9.17) is 9.47 Å². The van der Waals surface area contributed by atoms with Crippen molar-refractivity contribution in [2.75, 3.05) is 13.2 Å². The molecule has 8 nitrogen and oxygen atoms in total. The normalized spacial score (nSPS) is 10.9. The molecule has 2 aromatic heterocycles. The second-order valence-corrected chi connectivity index (χ2v) is 4.19. The van der Waals surface area contributed by atoms with E-state index in [2.05, 4.69) is 15.2 Å². The summed E-state index contributed by atoms with van der Waals surface area (Å²) in [4.78, 5) is 28.3. The molecule has 112 valence electrons. The summed E-state index contributed by atoms with van der Waals surface area (Å²) in [6, 6.07) is 0. The molecule has 0 aliphatic carbocycles. The predicted molar refractivity (Wildman–Crippen MR) is 71.5 cm³/mol. The van der Waals surface area contributed by atoms with Crippen LogP contribution in [-0.2, 0) is 19.1 Å². The van der Waals surface area contributed by atoms with E-state index < -0.39 is 17.9 Å². The predicted octanol–water partition coefficient (Wildman–Crippen LogP) is 0.643. The van der Waals surface area contributed by atoms with Gasteiger partial charge in [0, 0.05) is 12.4 Å². The molecule has 0 spiro atoms. The Kier molecular flexibility index (Phi) is 4.46. The van der Waals surface area contributed by atoms with Crippen LogP contribution in [0, 0.1) is 6.92 Å². The maximum atomic E-state index is 12.1. The van der Waals surface area contributed by atoms with Gasteiger partial charge in [-0.1, -0.05) is 0 Å². The number of nitrogens with zero attached hydrogens (tertiary/aromatic N) is 4. The van der Waals surface area contributed by atoms with Gasteiger partial charge < -0.3 is 9.47 Å². The molecule has 0 atom stereocenters. The van der Waals surface area contributed by atoms with Gasteiger partial charge in [0.05, 0.1) is 13.2 Å². The van der Waals surface area contributed by atoms with E-state index in [1.54, 1.807) is 31.4 Å². The minimum Gasteiger partial charge on any atom is -0.465 e. The Morgan fingerprint density at radius 1 is 1.19 bits per heavy atom. The lowest BCUT2D eigenvalue weighted by Gasteiger charge is -2.14. The lowest BCUT2D eigenvalue weighted by atomic mass is 10.1. The minimum absolute atomic E-state index is 0.156. The van der Waals surface area contributed by atoms with Gasteiger partial charge in [-0.05, 0) is 20.8 Å². The number of fused-ring (bicyclic) bond motifs is 1. The largest absolute Gasteiger partial charge is 0.465 e. The van der Waals surface area contributed by atoms with Crippen LogP contribution in [0.15, 0.2) is 12.4 Å². The molecule has 0 saturated carbocycles. The Hall–Kier alpha value is -2.51. The number of aryl methyl sites for hydroxylation is 1. The fraction of sp³-hybridized carbons (Fsp3) is 0.462. The van der Waals surface area contributed by atoms with Crippen LogP contribution in [0.3, 0.4) is 0 Å². The van der Waals surface area contributed by atoms with Crippen LogP contribution < -0.4 is 0 Å². The van der Waals surface area contributed by atoms with E-state index in [-0.39, 0.29) is 18.9 Å². The van der Waals surface area contributed by atoms with E-state index in [1.807, 2.05) is 0 Å². The lowest BCUT2D eigenvalue weighted by molar-refractivity contribution is -0.157. The van der Waals surface area contributed by atoms with Crippen LogP contribution in [0.25, 0.3) is 5.65 Å². The first-order valence-electron chi connectivity index (χ1n) is 6.59. The number of hydrogen-bond donors (Lipinski definition) is 0. The average molecular weight is 292 g/mol. The SMILES string of the molecule is CCOC(=O)C(C(=O)OCC)c1nccn2c(C)nnc12. The Balaban J connectivity index is 2.52. The van der Waals surface area contributed by atoms with Crippen LogP contribution in [0.4, 0.5) is 0 Å². The summed E-state index contributed by atoms with van der Waals surface area (Å²) in [6.45, 7) is 5.39. The summed E-state index contributed by atoms with van der Waals surface area (Å²) >= 11 is 0. The van der Waals surface area contributed by atoms with Gasteiger partial charge in [-0.3, -0.25) is 19.0 Å². The molecule has 0 aliphatic rings. The second-order valence-electron chi connectivity index (χ2n) is 4.19. The zero-order chi connectivity index (χ0) is 15.4. The monoisotopic (exact) mass is 292 g/mol. The van der Waals surface area contributed by atoms with E-state index >= 15 is 0 Å². The van der Waals surface area contributed by atoms with Gasteiger partial charge in [0.1, 0.15) is 11.5 Å². The van der Waals surface area contributed by atoms with Crippen molar-refractivity contribution < 1.29 is 19.1 Å². The van der Waals surface area contributed by atoms with E-state index in [0.29, 0.717) is 11.5 Å². The van der Waals surface area contributed by atoms with Crippen LogP contribution >= 0.6 is 0 Å². The van der Waals surface area contributed by atoms with Gasteiger partial charge >= 0.3 is 11.9 Å². The van der Waals surface area contributed by atoms with Crippen LogP contribution in [0.1, 0.15) is 31.3 Å². The van der Waals surface area contributed by atoms with Crippen molar-refractivity contribution in [2.24, 2.45) is 0 Å². The summed E-state index contributed by atoms with van der Waals surface area (Å²) in [5, 5.41) is 7.88. The number of carbonyl (C=O) groups is 2. The van der Waals surface area contributed by atoms with Crippen molar-refractivity contribution in [1.82, 2.24) is 19.6 Å². The highest BCUT2D eigenvalue weighted by molar-refractivity contribution is 6.01. The summed E-state index contributed by atoms with van der Waals surface area (Å²) in [5.74, 6) is -2.06. The molecule has 21 heavy (non-hydrogen) atoms. The van der Waals surface area contributed by atoms with Crippen molar-refractivity contribution in [2.45, 2.75) is 26.7 Å². The summed E-state index contributed by atoms with van der Waals surface area (Å²) < 4.78 is 11.5. The van der Waals surface area contributed by atoms with Crippen LogP contribution in [-0.4, -0.2) is 44.7 Å². The fourth-order valence-electron chi connectivity index (χ4n) is 1.93. The molecule has 0 fully saturated rings. The highest BCUT2D eigenvalue weighted by Crippen LogP contribution is 2.21. The topological polar surface area (TPSA) is 95.7 Å². The van der Waals surface area contributed by atoms with Crippen molar-refractivity contribution in [3.05, 3.63) is 23.9 Å². The molecule has 0 radical (unpaired) electrons. The average Bonchev–Trinajstić information content (AvgIpc) is 2.82. The molecule has 0 bridgehead atoms. The zero-order valence-electron chi connectivity index (χ0n) is 12.1. The molecule has 2 aromatic rings. The number of hydrogen-bond acceptors (Lipinski definition) is 7. The lowest BCUT2D eigenvalue weighted by Crippen LogP contribution is -2.27. The molecule has 2 heterocycles. The number of carbonyl (C=O) groups excluding carboxylic acids is 2. The number of ether oxygens (including phenoxy) is 2. The molecule has 8 heteroatoms. The molecule has 2 rings (SSSR count). The first-order chi connectivity index (χ1) is 10.1. The molecular weight excluding hydrogens is 276 g/mol. The standard InChI is InChI=1S/C13H16N4O4/c1-4-20-12(18)9(13(19)21-5-2)10-11-16-15-8(3)17(11)7-6-14-10/h6-7,9H,4-5H2,1-3H3. The number of esters is 2. The Bertz CT molecular complexity index is 649. The van der Waals surface area contributed by atoms with Crippen LogP contribution in [0.2, 0.25) is 0 Å². The first-order valence-corrected chi connectivity index (χ1v) is 6.59. The third kappa shape index (κ3) is 2.83. The van der Waals surface area contributed by atoms with Gasteiger partial charge in [-0.25, -0.2) is 0 Å². The molecule has 0 aliphatic heterocycles. The van der Waals surface area contributed by atoms with E-state index in [0.717, 1.165) is 0 Å². The second kappa shape index (κ2) is 6.29. The summed E-state index contributed by atoms with van der Waals surface area (Å²) in [5.41, 5.74) is 0.510.